The van der Waals surface area contributed by atoms with Crippen LogP contribution in [0, 0.1) is 0 Å². The third-order valence-electron chi connectivity index (χ3n) is 1.87. The molecule has 0 spiro atoms. The lowest BCUT2D eigenvalue weighted by molar-refractivity contribution is -0.114. The summed E-state index contributed by atoms with van der Waals surface area (Å²) in [4.78, 5) is 11.1. The molecule has 0 aromatic heterocycles. The van der Waals surface area contributed by atoms with Gasteiger partial charge in [-0.15, -0.1) is 0 Å². The van der Waals surface area contributed by atoms with Gasteiger partial charge in [0, 0.05) is 6.42 Å². The third kappa shape index (κ3) is 2.71. The molecule has 0 aromatic rings. The maximum absolute atomic E-state index is 11.1. The van der Waals surface area contributed by atoms with E-state index < -0.39 is 0 Å². The van der Waals surface area contributed by atoms with Crippen LogP contribution in [-0.4, -0.2) is 5.78 Å². The molecule has 0 radical (unpaired) electrons. The van der Waals surface area contributed by atoms with Gasteiger partial charge in [-0.2, -0.15) is 0 Å². The average Bonchev–Trinajstić information content (AvgIpc) is 2.15. The standard InChI is InChI=1S/C10H14O/c1-2-5-9-6-3-4-7-10(11)8-9/h2,5,8H,3-4,6-7H2,1H3. The van der Waals surface area contributed by atoms with Gasteiger partial charge in [-0.05, 0) is 37.8 Å². The van der Waals surface area contributed by atoms with Gasteiger partial charge in [0.15, 0.2) is 5.78 Å². The topological polar surface area (TPSA) is 17.1 Å². The van der Waals surface area contributed by atoms with E-state index in [9.17, 15) is 4.79 Å². The monoisotopic (exact) mass is 150 g/mol. The predicted molar refractivity (Wildman–Crippen MR) is 46.4 cm³/mol. The SMILES string of the molecule is CC=CC1=CC(=O)CCCC1. The Morgan fingerprint density at radius 2 is 2.09 bits per heavy atom. The minimum absolute atomic E-state index is 0.288. The lowest BCUT2D eigenvalue weighted by Gasteiger charge is -1.94. The largest absolute Gasteiger partial charge is 0.295 e. The lowest BCUT2D eigenvalue weighted by Crippen LogP contribution is -1.89. The van der Waals surface area contributed by atoms with Crippen LogP contribution in [0.25, 0.3) is 0 Å². The summed E-state index contributed by atoms with van der Waals surface area (Å²) in [6, 6.07) is 0. The third-order valence-corrected chi connectivity index (χ3v) is 1.87. The molecule has 0 aliphatic heterocycles. The van der Waals surface area contributed by atoms with Crippen LogP contribution in [0.1, 0.15) is 32.6 Å². The van der Waals surface area contributed by atoms with Crippen LogP contribution in [0.2, 0.25) is 0 Å². The Morgan fingerprint density at radius 1 is 1.36 bits per heavy atom. The number of carbonyl (C=O) groups is 1. The van der Waals surface area contributed by atoms with Crippen LogP contribution < -0.4 is 0 Å². The number of allylic oxidation sites excluding steroid dienone is 4. The molecule has 0 unspecified atom stereocenters. The van der Waals surface area contributed by atoms with Crippen molar-refractivity contribution in [2.24, 2.45) is 0 Å². The minimum Gasteiger partial charge on any atom is -0.295 e. The summed E-state index contributed by atoms with van der Waals surface area (Å²) in [6.07, 6.45) is 9.82. The van der Waals surface area contributed by atoms with Crippen molar-refractivity contribution < 1.29 is 4.79 Å². The van der Waals surface area contributed by atoms with Crippen molar-refractivity contribution in [1.82, 2.24) is 0 Å². The normalized spacial score (nSPS) is 20.1. The molecule has 1 rings (SSSR count). The maximum Gasteiger partial charge on any atom is 0.155 e. The van der Waals surface area contributed by atoms with E-state index in [0.717, 1.165) is 25.7 Å². The quantitative estimate of drug-likeness (QED) is 0.561. The Labute approximate surface area is 67.8 Å². The average molecular weight is 150 g/mol. The molecule has 1 aliphatic carbocycles. The van der Waals surface area contributed by atoms with E-state index in [-0.39, 0.29) is 5.78 Å². The van der Waals surface area contributed by atoms with Gasteiger partial charge in [-0.3, -0.25) is 4.79 Å². The van der Waals surface area contributed by atoms with E-state index in [0.29, 0.717) is 0 Å². The maximum atomic E-state index is 11.1. The number of ketones is 1. The first-order valence-electron chi connectivity index (χ1n) is 4.19. The molecule has 0 fully saturated rings. The molecule has 0 N–H and O–H groups in total. The van der Waals surface area contributed by atoms with Crippen molar-refractivity contribution in [3.8, 4) is 0 Å². The minimum atomic E-state index is 0.288. The second kappa shape index (κ2) is 4.12. The van der Waals surface area contributed by atoms with Gasteiger partial charge in [-0.25, -0.2) is 0 Å². The Kier molecular flexibility index (Phi) is 3.09. The summed E-state index contributed by atoms with van der Waals surface area (Å²) >= 11 is 0. The Bertz CT molecular complexity index is 199. The summed E-state index contributed by atoms with van der Waals surface area (Å²) in [7, 11) is 0. The second-order valence-electron chi connectivity index (χ2n) is 2.89. The molecule has 0 amide bonds. The fraction of sp³-hybridized carbons (Fsp3) is 0.500. The van der Waals surface area contributed by atoms with Crippen LogP contribution in [0.15, 0.2) is 23.8 Å². The van der Waals surface area contributed by atoms with Crippen LogP contribution in [0.4, 0.5) is 0 Å². The van der Waals surface area contributed by atoms with E-state index in [1.54, 1.807) is 6.08 Å². The smallest absolute Gasteiger partial charge is 0.155 e. The molecule has 1 heteroatoms. The zero-order valence-corrected chi connectivity index (χ0v) is 6.97. The molecule has 60 valence electrons. The summed E-state index contributed by atoms with van der Waals surface area (Å²) in [5, 5.41) is 0. The highest BCUT2D eigenvalue weighted by atomic mass is 16.1. The fourth-order valence-corrected chi connectivity index (χ4v) is 1.32. The van der Waals surface area contributed by atoms with Gasteiger partial charge < -0.3 is 0 Å². The predicted octanol–water partition coefficient (Wildman–Crippen LogP) is 2.63. The van der Waals surface area contributed by atoms with E-state index in [1.165, 1.54) is 5.57 Å². The molecule has 0 atom stereocenters. The first-order valence-corrected chi connectivity index (χ1v) is 4.19. The molecular formula is C10H14O. The first kappa shape index (κ1) is 8.25. The van der Waals surface area contributed by atoms with Gasteiger partial charge in [0.05, 0.1) is 0 Å². The summed E-state index contributed by atoms with van der Waals surface area (Å²) in [5.41, 5.74) is 1.19. The van der Waals surface area contributed by atoms with Gasteiger partial charge in [0.25, 0.3) is 0 Å². The van der Waals surface area contributed by atoms with Crippen molar-refractivity contribution in [2.45, 2.75) is 32.6 Å². The van der Waals surface area contributed by atoms with Crippen molar-refractivity contribution in [2.75, 3.05) is 0 Å². The van der Waals surface area contributed by atoms with Crippen LogP contribution >= 0.6 is 0 Å². The number of hydrogen-bond acceptors (Lipinski definition) is 1. The summed E-state index contributed by atoms with van der Waals surface area (Å²) in [6.45, 7) is 1.98. The van der Waals surface area contributed by atoms with Gasteiger partial charge in [-0.1, -0.05) is 12.2 Å². The van der Waals surface area contributed by atoms with Gasteiger partial charge in [0.1, 0.15) is 0 Å². The Morgan fingerprint density at radius 3 is 2.82 bits per heavy atom. The van der Waals surface area contributed by atoms with Crippen LogP contribution in [0.5, 0.6) is 0 Å². The highest BCUT2D eigenvalue weighted by Gasteiger charge is 2.05. The Balaban J connectivity index is 2.66. The highest BCUT2D eigenvalue weighted by molar-refractivity contribution is 5.90. The molecule has 0 aromatic carbocycles. The molecular weight excluding hydrogens is 136 g/mol. The van der Waals surface area contributed by atoms with E-state index >= 15 is 0 Å². The fourth-order valence-electron chi connectivity index (χ4n) is 1.32. The molecule has 0 heterocycles. The van der Waals surface area contributed by atoms with Crippen molar-refractivity contribution in [3.05, 3.63) is 23.8 Å². The number of rotatable bonds is 1. The lowest BCUT2D eigenvalue weighted by atomic mass is 10.1. The molecule has 0 bridgehead atoms. The van der Waals surface area contributed by atoms with Crippen LogP contribution in [-0.2, 0) is 4.79 Å². The zero-order chi connectivity index (χ0) is 8.10. The van der Waals surface area contributed by atoms with E-state index in [1.807, 2.05) is 19.1 Å². The van der Waals surface area contributed by atoms with Gasteiger partial charge in [0.2, 0.25) is 0 Å². The van der Waals surface area contributed by atoms with Crippen molar-refractivity contribution in [1.29, 1.82) is 0 Å². The second-order valence-corrected chi connectivity index (χ2v) is 2.89. The summed E-state index contributed by atoms with van der Waals surface area (Å²) in [5.74, 6) is 0.288. The molecule has 1 aliphatic rings. The number of hydrogen-bond donors (Lipinski definition) is 0. The zero-order valence-electron chi connectivity index (χ0n) is 6.97. The molecule has 0 saturated carbocycles. The molecule has 1 nitrogen and oxygen atoms in total. The summed E-state index contributed by atoms with van der Waals surface area (Å²) < 4.78 is 0. The molecule has 0 saturated heterocycles. The van der Waals surface area contributed by atoms with Crippen LogP contribution in [0.3, 0.4) is 0 Å². The molecule has 11 heavy (non-hydrogen) atoms. The van der Waals surface area contributed by atoms with E-state index in [4.69, 9.17) is 0 Å². The van der Waals surface area contributed by atoms with Gasteiger partial charge >= 0.3 is 0 Å². The Hall–Kier alpha value is -0.850. The van der Waals surface area contributed by atoms with Crippen molar-refractivity contribution >= 4 is 5.78 Å². The van der Waals surface area contributed by atoms with Crippen molar-refractivity contribution in [3.63, 3.8) is 0 Å². The van der Waals surface area contributed by atoms with E-state index in [2.05, 4.69) is 0 Å². The first-order chi connectivity index (χ1) is 5.33. The number of carbonyl (C=O) groups excluding carboxylic acids is 1. The highest BCUT2D eigenvalue weighted by Crippen LogP contribution is 2.15.